The fourth-order valence-corrected chi connectivity index (χ4v) is 9.60. The van der Waals surface area contributed by atoms with Gasteiger partial charge < -0.3 is 8.98 Å². The van der Waals surface area contributed by atoms with Gasteiger partial charge in [-0.05, 0) is 122 Å². The molecule has 8 aromatic carbocycles. The molecule has 260 valence electrons. The molecule has 0 unspecified atom stereocenters. The van der Waals surface area contributed by atoms with Gasteiger partial charge in [-0.1, -0.05) is 109 Å². The topological polar surface area (TPSA) is 43.9 Å². The fourth-order valence-electron chi connectivity index (χ4n) is 9.60. The molecule has 0 atom stereocenters. The van der Waals surface area contributed by atoms with Crippen molar-refractivity contribution < 1.29 is 4.42 Å². The predicted octanol–water partition coefficient (Wildman–Crippen LogP) is 13.7. The minimum absolute atomic E-state index is 0.696. The summed E-state index contributed by atoms with van der Waals surface area (Å²) in [4.78, 5) is 10.5. The lowest BCUT2D eigenvalue weighted by molar-refractivity contribution is 0.595. The largest absolute Gasteiger partial charge is 0.452 e. The Morgan fingerprint density at radius 2 is 1.23 bits per heavy atom. The third kappa shape index (κ3) is 4.13. The molecule has 11 aromatic rings. The van der Waals surface area contributed by atoms with Gasteiger partial charge in [-0.25, -0.2) is 9.97 Å². The van der Waals surface area contributed by atoms with Crippen LogP contribution in [0, 0.1) is 0 Å². The summed E-state index contributed by atoms with van der Waals surface area (Å²) in [6.07, 6.45) is 6.14. The molecule has 0 bridgehead atoms. The van der Waals surface area contributed by atoms with E-state index < -0.39 is 0 Å². The molecule has 56 heavy (non-hydrogen) atoms. The van der Waals surface area contributed by atoms with Gasteiger partial charge in [-0.15, -0.1) is 0 Å². The van der Waals surface area contributed by atoms with E-state index in [0.717, 1.165) is 57.8 Å². The van der Waals surface area contributed by atoms with E-state index in [9.17, 15) is 0 Å². The van der Waals surface area contributed by atoms with Crippen LogP contribution < -0.4 is 0 Å². The molecular formula is C52H31N3O. The maximum atomic E-state index is 6.52. The molecule has 3 aromatic heterocycles. The van der Waals surface area contributed by atoms with Crippen molar-refractivity contribution in [2.45, 2.75) is 12.8 Å². The Hall–Kier alpha value is -7.30. The lowest BCUT2D eigenvalue weighted by Gasteiger charge is -2.12. The van der Waals surface area contributed by atoms with E-state index in [2.05, 4.69) is 168 Å². The van der Waals surface area contributed by atoms with E-state index in [1.54, 1.807) is 0 Å². The number of fused-ring (bicyclic) bond motifs is 12. The first-order valence-corrected chi connectivity index (χ1v) is 19.4. The number of allylic oxidation sites excluding steroid dienone is 1. The molecule has 4 heteroatoms. The fraction of sp³-hybridized carbons (Fsp3) is 0.0385. The van der Waals surface area contributed by atoms with Crippen LogP contribution in [0.2, 0.25) is 0 Å². The Labute approximate surface area is 321 Å². The van der Waals surface area contributed by atoms with E-state index in [4.69, 9.17) is 14.4 Å². The average Bonchev–Trinajstić information content (AvgIpc) is 3.91. The van der Waals surface area contributed by atoms with Crippen molar-refractivity contribution in [2.75, 3.05) is 0 Å². The number of furan rings is 1. The molecule has 0 saturated heterocycles. The maximum Gasteiger partial charge on any atom is 0.179 e. The zero-order valence-corrected chi connectivity index (χ0v) is 30.3. The van der Waals surface area contributed by atoms with Gasteiger partial charge in [0.2, 0.25) is 0 Å². The molecular weight excluding hydrogens is 683 g/mol. The lowest BCUT2D eigenvalue weighted by Crippen LogP contribution is -1.98. The molecule has 0 spiro atoms. The third-order valence-corrected chi connectivity index (χ3v) is 12.2. The number of rotatable bonds is 3. The predicted molar refractivity (Wildman–Crippen MR) is 231 cm³/mol. The van der Waals surface area contributed by atoms with Crippen LogP contribution in [-0.4, -0.2) is 14.5 Å². The van der Waals surface area contributed by atoms with Gasteiger partial charge in [0.05, 0.1) is 11.0 Å². The third-order valence-electron chi connectivity index (χ3n) is 12.2. The SMILES string of the molecule is C1=Cc2oc3c(-c4ccc5ccccc5c4)nc(-c4ccc(-n5c6cc7ccccc7cc6c6c7cccc8c7c(cc65)-c5ccccc5-8)cc4)nc3c2CC1. The Morgan fingerprint density at radius 1 is 0.518 bits per heavy atom. The van der Waals surface area contributed by atoms with Gasteiger partial charge in [0.25, 0.3) is 0 Å². The van der Waals surface area contributed by atoms with Crippen LogP contribution in [0.25, 0.3) is 122 Å². The van der Waals surface area contributed by atoms with E-state index in [-0.39, 0.29) is 0 Å². The molecule has 13 rings (SSSR count). The molecule has 4 nitrogen and oxygen atoms in total. The van der Waals surface area contributed by atoms with E-state index in [1.807, 2.05) is 0 Å². The molecule has 0 radical (unpaired) electrons. The second kappa shape index (κ2) is 11.1. The van der Waals surface area contributed by atoms with Crippen LogP contribution >= 0.6 is 0 Å². The first-order valence-electron chi connectivity index (χ1n) is 19.4. The second-order valence-corrected chi connectivity index (χ2v) is 15.2. The quantitative estimate of drug-likeness (QED) is 0.183. The Kier molecular flexibility index (Phi) is 5.97. The van der Waals surface area contributed by atoms with Crippen molar-refractivity contribution in [3.63, 3.8) is 0 Å². The molecule has 0 fully saturated rings. The van der Waals surface area contributed by atoms with Crippen molar-refractivity contribution in [3.05, 3.63) is 169 Å². The highest BCUT2D eigenvalue weighted by Gasteiger charge is 2.26. The number of hydrogen-bond acceptors (Lipinski definition) is 3. The van der Waals surface area contributed by atoms with Crippen molar-refractivity contribution >= 4 is 71.3 Å². The summed E-state index contributed by atoms with van der Waals surface area (Å²) in [5, 5.41) is 10.0. The summed E-state index contributed by atoms with van der Waals surface area (Å²) in [6.45, 7) is 0. The van der Waals surface area contributed by atoms with Crippen molar-refractivity contribution in [3.8, 4) is 50.6 Å². The summed E-state index contributed by atoms with van der Waals surface area (Å²) in [6, 6.07) is 55.3. The molecule has 3 heterocycles. The molecule has 2 aliphatic rings. The Morgan fingerprint density at radius 3 is 2.07 bits per heavy atom. The first kappa shape index (κ1) is 30.1. The van der Waals surface area contributed by atoms with Gasteiger partial charge in [0.1, 0.15) is 17.0 Å². The van der Waals surface area contributed by atoms with Gasteiger partial charge in [0, 0.05) is 33.2 Å². The summed E-state index contributed by atoms with van der Waals surface area (Å²) in [5.41, 5.74) is 14.3. The smallest absolute Gasteiger partial charge is 0.179 e. The minimum Gasteiger partial charge on any atom is -0.452 e. The van der Waals surface area contributed by atoms with Crippen LogP contribution in [-0.2, 0) is 6.42 Å². The zero-order chi connectivity index (χ0) is 36.5. The number of aryl methyl sites for hydroxylation is 1. The Balaban J connectivity index is 1.04. The van der Waals surface area contributed by atoms with Gasteiger partial charge in [0.15, 0.2) is 11.4 Å². The highest BCUT2D eigenvalue weighted by atomic mass is 16.3. The van der Waals surface area contributed by atoms with Crippen LogP contribution in [0.3, 0.4) is 0 Å². The molecule has 0 N–H and O–H groups in total. The maximum absolute atomic E-state index is 6.52. The number of hydrogen-bond donors (Lipinski definition) is 0. The highest BCUT2D eigenvalue weighted by Crippen LogP contribution is 2.51. The standard InChI is InChI=1S/C52H31N3O/c1-2-11-32-26-35(21-20-30(32)10-1)49-51-50(40-16-7-8-19-46(40)56-51)54-52(53-49)31-22-24-36(25-23-31)55-44-28-34-13-4-3-12-33(34)27-43(44)48-41-18-9-17-39-37-14-5-6-15-38(37)42(47(39)41)29-45(48)55/h1-6,8-15,17-29H,7,16H2. The number of aromatic nitrogens is 3. The van der Waals surface area contributed by atoms with Crippen LogP contribution in [0.4, 0.5) is 0 Å². The molecule has 2 aliphatic carbocycles. The first-order chi connectivity index (χ1) is 27.7. The molecule has 0 saturated carbocycles. The number of nitrogens with zero attached hydrogens (tertiary/aromatic N) is 3. The van der Waals surface area contributed by atoms with E-state index >= 15 is 0 Å². The summed E-state index contributed by atoms with van der Waals surface area (Å²) >= 11 is 0. The lowest BCUT2D eigenvalue weighted by atomic mass is 9.97. The zero-order valence-electron chi connectivity index (χ0n) is 30.3. The van der Waals surface area contributed by atoms with Gasteiger partial charge in [-0.3, -0.25) is 0 Å². The monoisotopic (exact) mass is 713 g/mol. The number of benzene rings is 8. The second-order valence-electron chi connectivity index (χ2n) is 15.2. The van der Waals surface area contributed by atoms with Crippen molar-refractivity contribution in [2.24, 2.45) is 0 Å². The van der Waals surface area contributed by atoms with Crippen molar-refractivity contribution in [1.82, 2.24) is 14.5 Å². The summed E-state index contributed by atoms with van der Waals surface area (Å²) in [7, 11) is 0. The minimum atomic E-state index is 0.696. The normalized spacial score (nSPS) is 13.1. The average molecular weight is 714 g/mol. The van der Waals surface area contributed by atoms with Gasteiger partial charge >= 0.3 is 0 Å². The van der Waals surface area contributed by atoms with Crippen LogP contribution in [0.1, 0.15) is 17.7 Å². The van der Waals surface area contributed by atoms with Crippen molar-refractivity contribution in [1.29, 1.82) is 0 Å². The Bertz CT molecular complexity index is 3530. The molecule has 0 aliphatic heterocycles. The van der Waals surface area contributed by atoms with Crippen LogP contribution in [0.5, 0.6) is 0 Å². The van der Waals surface area contributed by atoms with E-state index in [0.29, 0.717) is 5.82 Å². The summed E-state index contributed by atoms with van der Waals surface area (Å²) < 4.78 is 8.97. The highest BCUT2D eigenvalue weighted by molar-refractivity contribution is 6.30. The summed E-state index contributed by atoms with van der Waals surface area (Å²) in [5.74, 6) is 1.58. The molecule has 0 amide bonds. The van der Waals surface area contributed by atoms with Crippen LogP contribution in [0.15, 0.2) is 162 Å². The van der Waals surface area contributed by atoms with E-state index in [1.165, 1.54) is 76.4 Å². The van der Waals surface area contributed by atoms with Gasteiger partial charge in [-0.2, -0.15) is 0 Å².